The Morgan fingerprint density at radius 3 is 2.17 bits per heavy atom. The number of nitrogens with one attached hydrogen (secondary N) is 2. The topological polar surface area (TPSA) is 104 Å². The number of rotatable bonds is 10. The third kappa shape index (κ3) is 6.50. The highest BCUT2D eigenvalue weighted by Gasteiger charge is 2.21. The van der Waals surface area contributed by atoms with E-state index >= 15 is 0 Å². The molecule has 0 bridgehead atoms. The largest absolute Gasteiger partial charge is 0.354 e. The number of aryl methyl sites for hydroxylation is 2. The number of carbonyl (C=O) groups excluding carboxylic acids is 1. The van der Waals surface area contributed by atoms with Gasteiger partial charge in [-0.15, -0.1) is 0 Å². The molecule has 2 rings (SSSR count). The fourth-order valence-corrected chi connectivity index (χ4v) is 4.36. The Hall–Kier alpha value is -2.52. The minimum atomic E-state index is -3.50. The predicted octanol–water partition coefficient (Wildman–Crippen LogP) is 2.95. The smallest absolute Gasteiger partial charge is 0.243 e. The second kappa shape index (κ2) is 10.3. The standard InChI is InChI=1S/C20H29N5O3S/c1-5-25(6-2)29(27,28)18-11-9-17(10-12-18)24-19(26)8-7-13-21-20-22-15(3)14-16(4)23-20/h9-12,14H,5-8,13H2,1-4H3,(H,24,26)(H,21,22,23). The highest BCUT2D eigenvalue weighted by Crippen LogP contribution is 2.18. The monoisotopic (exact) mass is 419 g/mol. The average molecular weight is 420 g/mol. The van der Waals surface area contributed by atoms with Crippen LogP contribution in [0.2, 0.25) is 0 Å². The normalized spacial score (nSPS) is 11.5. The molecule has 2 N–H and O–H groups in total. The molecule has 1 amide bonds. The zero-order valence-electron chi connectivity index (χ0n) is 17.4. The number of anilines is 2. The Labute approximate surface area is 172 Å². The lowest BCUT2D eigenvalue weighted by Crippen LogP contribution is -2.30. The van der Waals surface area contributed by atoms with Crippen LogP contribution in [-0.2, 0) is 14.8 Å². The number of nitrogens with zero attached hydrogens (tertiary/aromatic N) is 3. The summed E-state index contributed by atoms with van der Waals surface area (Å²) in [5.41, 5.74) is 2.35. The molecule has 9 heteroatoms. The van der Waals surface area contributed by atoms with Crippen LogP contribution in [-0.4, -0.2) is 48.2 Å². The van der Waals surface area contributed by atoms with Crippen LogP contribution >= 0.6 is 0 Å². The number of aromatic nitrogens is 2. The highest BCUT2D eigenvalue weighted by molar-refractivity contribution is 7.89. The number of carbonyl (C=O) groups is 1. The summed E-state index contributed by atoms with van der Waals surface area (Å²) < 4.78 is 26.4. The van der Waals surface area contributed by atoms with E-state index in [-0.39, 0.29) is 10.8 Å². The summed E-state index contributed by atoms with van der Waals surface area (Å²) in [6.07, 6.45) is 0.952. The molecule has 1 aromatic heterocycles. The molecule has 0 saturated carbocycles. The van der Waals surface area contributed by atoms with E-state index in [1.54, 1.807) is 26.0 Å². The number of sulfonamides is 1. The van der Waals surface area contributed by atoms with E-state index in [1.807, 2.05) is 19.9 Å². The zero-order chi connectivity index (χ0) is 21.4. The van der Waals surface area contributed by atoms with Crippen LogP contribution in [0.15, 0.2) is 35.2 Å². The molecule has 0 radical (unpaired) electrons. The van der Waals surface area contributed by atoms with Crippen molar-refractivity contribution in [3.63, 3.8) is 0 Å². The van der Waals surface area contributed by atoms with Gasteiger partial charge in [-0.05, 0) is 50.6 Å². The summed E-state index contributed by atoms with van der Waals surface area (Å²) in [5, 5.41) is 5.91. The van der Waals surface area contributed by atoms with Gasteiger partial charge in [0.25, 0.3) is 0 Å². The van der Waals surface area contributed by atoms with Crippen molar-refractivity contribution in [3.8, 4) is 0 Å². The second-order valence-electron chi connectivity index (χ2n) is 6.67. The van der Waals surface area contributed by atoms with Crippen LogP contribution in [0.3, 0.4) is 0 Å². The molecular weight excluding hydrogens is 390 g/mol. The predicted molar refractivity (Wildman–Crippen MR) is 114 cm³/mol. The molecule has 29 heavy (non-hydrogen) atoms. The quantitative estimate of drug-likeness (QED) is 0.574. The number of benzene rings is 1. The third-order valence-corrected chi connectivity index (χ3v) is 6.39. The van der Waals surface area contributed by atoms with Crippen LogP contribution in [0.4, 0.5) is 11.6 Å². The molecule has 0 spiro atoms. The minimum absolute atomic E-state index is 0.132. The van der Waals surface area contributed by atoms with Gasteiger partial charge in [-0.25, -0.2) is 18.4 Å². The Bertz CT molecular complexity index is 905. The number of hydrogen-bond acceptors (Lipinski definition) is 6. The van der Waals surface area contributed by atoms with Crippen molar-refractivity contribution < 1.29 is 13.2 Å². The Morgan fingerprint density at radius 2 is 1.62 bits per heavy atom. The second-order valence-corrected chi connectivity index (χ2v) is 8.60. The van der Waals surface area contributed by atoms with E-state index in [2.05, 4.69) is 20.6 Å². The lowest BCUT2D eigenvalue weighted by molar-refractivity contribution is -0.116. The first-order valence-electron chi connectivity index (χ1n) is 9.72. The maximum absolute atomic E-state index is 12.5. The molecular formula is C20H29N5O3S. The first-order valence-corrected chi connectivity index (χ1v) is 11.2. The van der Waals surface area contributed by atoms with E-state index in [0.29, 0.717) is 44.1 Å². The number of amides is 1. The van der Waals surface area contributed by atoms with E-state index in [0.717, 1.165) is 11.4 Å². The van der Waals surface area contributed by atoms with Gasteiger partial charge in [-0.3, -0.25) is 4.79 Å². The third-order valence-electron chi connectivity index (χ3n) is 4.33. The summed E-state index contributed by atoms with van der Waals surface area (Å²) in [7, 11) is -3.50. The molecule has 0 unspecified atom stereocenters. The summed E-state index contributed by atoms with van der Waals surface area (Å²) in [5.74, 6) is 0.431. The van der Waals surface area contributed by atoms with E-state index in [9.17, 15) is 13.2 Å². The van der Waals surface area contributed by atoms with Crippen LogP contribution in [0.1, 0.15) is 38.1 Å². The SMILES string of the molecule is CCN(CC)S(=O)(=O)c1ccc(NC(=O)CCCNc2nc(C)cc(C)n2)cc1. The molecule has 1 aromatic carbocycles. The van der Waals surface area contributed by atoms with E-state index < -0.39 is 10.0 Å². The molecule has 0 atom stereocenters. The van der Waals surface area contributed by atoms with Crippen molar-refractivity contribution >= 4 is 27.6 Å². The van der Waals surface area contributed by atoms with Crippen molar-refractivity contribution in [2.24, 2.45) is 0 Å². The van der Waals surface area contributed by atoms with Crippen molar-refractivity contribution in [1.29, 1.82) is 0 Å². The van der Waals surface area contributed by atoms with Crippen molar-refractivity contribution in [2.75, 3.05) is 30.3 Å². The molecule has 8 nitrogen and oxygen atoms in total. The zero-order valence-corrected chi connectivity index (χ0v) is 18.2. The Kier molecular flexibility index (Phi) is 8.10. The van der Waals surface area contributed by atoms with Gasteiger partial charge >= 0.3 is 0 Å². The van der Waals surface area contributed by atoms with Gasteiger partial charge in [0.05, 0.1) is 4.90 Å². The molecule has 0 aliphatic rings. The summed E-state index contributed by atoms with van der Waals surface area (Å²) >= 11 is 0. The summed E-state index contributed by atoms with van der Waals surface area (Å²) in [6, 6.07) is 8.15. The molecule has 0 aliphatic carbocycles. The maximum Gasteiger partial charge on any atom is 0.243 e. The highest BCUT2D eigenvalue weighted by atomic mass is 32.2. The van der Waals surface area contributed by atoms with Crippen molar-refractivity contribution in [1.82, 2.24) is 14.3 Å². The molecule has 1 heterocycles. The molecule has 0 saturated heterocycles. The van der Waals surface area contributed by atoms with Crippen molar-refractivity contribution in [2.45, 2.75) is 45.4 Å². The molecule has 0 aliphatic heterocycles. The van der Waals surface area contributed by atoms with Gasteiger partial charge in [0, 0.05) is 43.1 Å². The van der Waals surface area contributed by atoms with Gasteiger partial charge in [-0.2, -0.15) is 4.31 Å². The Balaban J connectivity index is 1.83. The Morgan fingerprint density at radius 1 is 1.03 bits per heavy atom. The maximum atomic E-state index is 12.5. The van der Waals surface area contributed by atoms with Gasteiger partial charge in [0.2, 0.25) is 21.9 Å². The van der Waals surface area contributed by atoms with Gasteiger partial charge in [-0.1, -0.05) is 13.8 Å². The fraction of sp³-hybridized carbons (Fsp3) is 0.450. The first kappa shape index (κ1) is 22.8. The number of hydrogen-bond donors (Lipinski definition) is 2. The lowest BCUT2D eigenvalue weighted by Gasteiger charge is -2.18. The van der Waals surface area contributed by atoms with E-state index in [1.165, 1.54) is 16.4 Å². The first-order chi connectivity index (χ1) is 13.8. The van der Waals surface area contributed by atoms with Crippen LogP contribution in [0.5, 0.6) is 0 Å². The van der Waals surface area contributed by atoms with Gasteiger partial charge in [0.1, 0.15) is 0 Å². The van der Waals surface area contributed by atoms with E-state index in [4.69, 9.17) is 0 Å². The van der Waals surface area contributed by atoms with Gasteiger partial charge < -0.3 is 10.6 Å². The summed E-state index contributed by atoms with van der Waals surface area (Å²) in [4.78, 5) is 20.9. The van der Waals surface area contributed by atoms with Gasteiger partial charge in [0.15, 0.2) is 0 Å². The summed E-state index contributed by atoms with van der Waals surface area (Å²) in [6.45, 7) is 8.83. The average Bonchev–Trinajstić information content (AvgIpc) is 2.66. The molecule has 0 fully saturated rings. The van der Waals surface area contributed by atoms with Crippen LogP contribution in [0.25, 0.3) is 0 Å². The molecule has 2 aromatic rings. The van der Waals surface area contributed by atoms with Crippen LogP contribution < -0.4 is 10.6 Å². The lowest BCUT2D eigenvalue weighted by atomic mass is 10.2. The van der Waals surface area contributed by atoms with Crippen molar-refractivity contribution in [3.05, 3.63) is 41.7 Å². The van der Waals surface area contributed by atoms with Crippen LogP contribution in [0, 0.1) is 13.8 Å². The minimum Gasteiger partial charge on any atom is -0.354 e. The molecule has 158 valence electrons. The fourth-order valence-electron chi connectivity index (χ4n) is 2.90.